The van der Waals surface area contributed by atoms with E-state index in [-0.39, 0.29) is 34.6 Å². The highest BCUT2D eigenvalue weighted by Crippen LogP contribution is 2.38. The molecule has 2 aromatic heterocycles. The molecule has 230 valence electrons. The lowest BCUT2D eigenvalue weighted by atomic mass is 10.2. The smallest absolute Gasteiger partial charge is 0.315 e. The number of fused-ring (bicyclic) bond motifs is 2. The minimum atomic E-state index is -0.647. The molecule has 14 heteroatoms. The van der Waals surface area contributed by atoms with Gasteiger partial charge in [-0.25, -0.2) is 4.98 Å². The molecular formula is C31H27N5O9. The van der Waals surface area contributed by atoms with Crippen molar-refractivity contribution in [1.82, 2.24) is 14.6 Å². The topological polar surface area (TPSA) is 161 Å². The molecule has 0 unspecified atom stereocenters. The number of nitro groups is 1. The summed E-state index contributed by atoms with van der Waals surface area (Å²) < 4.78 is 28.8. The molecule has 1 aliphatic heterocycles. The maximum absolute atomic E-state index is 13.7. The second-order valence-electron chi connectivity index (χ2n) is 9.91. The lowest BCUT2D eigenvalue weighted by molar-refractivity contribution is -0.385. The fourth-order valence-electron chi connectivity index (χ4n) is 4.99. The molecule has 1 saturated heterocycles. The molecule has 5 aromatic rings. The summed E-state index contributed by atoms with van der Waals surface area (Å²) in [6.45, 7) is 1.21. The molecule has 0 atom stereocenters. The van der Waals surface area contributed by atoms with Gasteiger partial charge in [-0.15, -0.1) is 0 Å². The number of rotatable bonds is 9. The summed E-state index contributed by atoms with van der Waals surface area (Å²) in [5.41, 5.74) is 0.247. The van der Waals surface area contributed by atoms with E-state index in [4.69, 9.17) is 23.4 Å². The average Bonchev–Trinajstić information content (AvgIpc) is 3.51. The van der Waals surface area contributed by atoms with Gasteiger partial charge in [-0.05, 0) is 36.4 Å². The molecule has 1 aliphatic rings. The molecule has 0 bridgehead atoms. The Kier molecular flexibility index (Phi) is 8.12. The van der Waals surface area contributed by atoms with Gasteiger partial charge in [-0.1, -0.05) is 18.2 Å². The molecule has 3 heterocycles. The van der Waals surface area contributed by atoms with E-state index in [0.717, 1.165) is 4.68 Å². The van der Waals surface area contributed by atoms with Gasteiger partial charge in [0.1, 0.15) is 11.3 Å². The summed E-state index contributed by atoms with van der Waals surface area (Å²) in [5.74, 6) is 0.410. The highest BCUT2D eigenvalue weighted by atomic mass is 16.6. The summed E-state index contributed by atoms with van der Waals surface area (Å²) in [6.07, 6.45) is 1.27. The van der Waals surface area contributed by atoms with E-state index in [1.807, 2.05) is 0 Å². The lowest BCUT2D eigenvalue weighted by Crippen LogP contribution is -2.43. The number of hydrogen-bond acceptors (Lipinski definition) is 11. The van der Waals surface area contributed by atoms with Crippen LogP contribution in [0.1, 0.15) is 5.56 Å². The summed E-state index contributed by atoms with van der Waals surface area (Å²) in [4.78, 5) is 43.9. The van der Waals surface area contributed by atoms with Crippen LogP contribution in [0.15, 0.2) is 75.0 Å². The van der Waals surface area contributed by atoms with Crippen LogP contribution < -0.4 is 19.8 Å². The highest BCUT2D eigenvalue weighted by Gasteiger charge is 2.25. The Bertz CT molecular complexity index is 2010. The Morgan fingerprint density at radius 3 is 2.58 bits per heavy atom. The number of carbonyl (C=O) groups excluding carboxylic acids is 1. The van der Waals surface area contributed by atoms with Crippen LogP contribution in [0.3, 0.4) is 0 Å². The third-order valence-electron chi connectivity index (χ3n) is 7.22. The minimum absolute atomic E-state index is 0.00835. The molecule has 3 aromatic carbocycles. The maximum Gasteiger partial charge on any atom is 0.315 e. The van der Waals surface area contributed by atoms with E-state index in [1.165, 1.54) is 25.5 Å². The molecule has 45 heavy (non-hydrogen) atoms. The van der Waals surface area contributed by atoms with Gasteiger partial charge in [-0.3, -0.25) is 19.7 Å². The van der Waals surface area contributed by atoms with Crippen molar-refractivity contribution in [3.05, 3.63) is 86.7 Å². The van der Waals surface area contributed by atoms with E-state index >= 15 is 0 Å². The van der Waals surface area contributed by atoms with Gasteiger partial charge >= 0.3 is 5.69 Å². The molecular weight excluding hydrogens is 586 g/mol. The first-order chi connectivity index (χ1) is 21.9. The van der Waals surface area contributed by atoms with Crippen LogP contribution in [0.5, 0.6) is 17.2 Å². The first-order valence-electron chi connectivity index (χ1n) is 13.9. The van der Waals surface area contributed by atoms with Gasteiger partial charge in [0.25, 0.3) is 11.5 Å². The van der Waals surface area contributed by atoms with E-state index in [9.17, 15) is 19.7 Å². The van der Waals surface area contributed by atoms with Crippen molar-refractivity contribution in [2.45, 2.75) is 0 Å². The first kappa shape index (κ1) is 29.3. The van der Waals surface area contributed by atoms with Gasteiger partial charge in [0.15, 0.2) is 18.1 Å². The van der Waals surface area contributed by atoms with Crippen molar-refractivity contribution < 1.29 is 33.1 Å². The van der Waals surface area contributed by atoms with E-state index in [1.54, 1.807) is 60.5 Å². The number of aromatic nitrogens is 2. The fraction of sp³-hybridized carbons (Fsp3) is 0.226. The van der Waals surface area contributed by atoms with Crippen LogP contribution in [0.4, 0.5) is 5.69 Å². The Balaban J connectivity index is 1.40. The van der Waals surface area contributed by atoms with Crippen LogP contribution in [-0.2, 0) is 9.53 Å². The molecule has 14 nitrogen and oxygen atoms in total. The zero-order valence-electron chi connectivity index (χ0n) is 24.3. The number of amides is 1. The highest BCUT2D eigenvalue weighted by molar-refractivity contribution is 5.89. The van der Waals surface area contributed by atoms with Crippen LogP contribution in [-0.4, -0.2) is 78.7 Å². The average molecular weight is 614 g/mol. The number of nitrogens with zero attached hydrogens (tertiary/aromatic N) is 5. The SMILES string of the molecule is COc1cc(C=Nn2c(-c3cc4c(OC)cccc4o3)nc3ccccc3c2=O)cc([N+](=O)[O-])c1OCC(=O)N1CCOCC1. The standard InChI is InChI=1S/C31H27N5O9/c1-41-24-8-5-9-25-21(24)16-27(45-25)30-33-22-7-4-3-6-20(22)31(38)35(30)32-17-19-14-23(36(39)40)29(26(15-19)42-2)44-18-28(37)34-10-12-43-13-11-34/h3-9,14-17H,10-13,18H2,1-2H3. The number of furan rings is 1. The number of nitro benzene ring substituents is 1. The predicted molar refractivity (Wildman–Crippen MR) is 163 cm³/mol. The van der Waals surface area contributed by atoms with E-state index < -0.39 is 22.8 Å². The predicted octanol–water partition coefficient (Wildman–Crippen LogP) is 3.85. The number of hydrogen-bond donors (Lipinski definition) is 0. The number of morpholine rings is 1. The molecule has 6 rings (SSSR count). The Morgan fingerprint density at radius 1 is 1.04 bits per heavy atom. The van der Waals surface area contributed by atoms with E-state index in [0.29, 0.717) is 53.9 Å². The summed E-state index contributed by atoms with van der Waals surface area (Å²) in [7, 11) is 2.87. The van der Waals surface area contributed by atoms with Crippen LogP contribution in [0.25, 0.3) is 33.5 Å². The maximum atomic E-state index is 13.7. The Hall–Kier alpha value is -5.76. The second kappa shape index (κ2) is 12.5. The van der Waals surface area contributed by atoms with Crippen molar-refractivity contribution in [3.63, 3.8) is 0 Å². The van der Waals surface area contributed by atoms with Gasteiger partial charge in [0.05, 0.1) is 54.9 Å². The van der Waals surface area contributed by atoms with Crippen LogP contribution in [0, 0.1) is 10.1 Å². The zero-order valence-corrected chi connectivity index (χ0v) is 24.3. The number of carbonyl (C=O) groups is 1. The van der Waals surface area contributed by atoms with Gasteiger partial charge in [-0.2, -0.15) is 9.78 Å². The van der Waals surface area contributed by atoms with Gasteiger partial charge in [0, 0.05) is 24.7 Å². The van der Waals surface area contributed by atoms with Crippen molar-refractivity contribution in [3.8, 4) is 28.8 Å². The number of benzene rings is 3. The number of methoxy groups -OCH3 is 2. The Morgan fingerprint density at radius 2 is 1.82 bits per heavy atom. The summed E-state index contributed by atoms with van der Waals surface area (Å²) >= 11 is 0. The number of para-hydroxylation sites is 1. The third-order valence-corrected chi connectivity index (χ3v) is 7.22. The van der Waals surface area contributed by atoms with Crippen LogP contribution in [0.2, 0.25) is 0 Å². The number of ether oxygens (including phenoxy) is 4. The summed E-state index contributed by atoms with van der Waals surface area (Å²) in [6, 6.07) is 16.5. The molecule has 0 N–H and O–H groups in total. The third kappa shape index (κ3) is 5.78. The normalized spacial score (nSPS) is 13.4. The minimum Gasteiger partial charge on any atom is -0.496 e. The molecule has 0 radical (unpaired) electrons. The second-order valence-corrected chi connectivity index (χ2v) is 9.91. The van der Waals surface area contributed by atoms with Gasteiger partial charge in [0.2, 0.25) is 11.6 Å². The zero-order chi connectivity index (χ0) is 31.5. The monoisotopic (exact) mass is 613 g/mol. The summed E-state index contributed by atoms with van der Waals surface area (Å²) in [5, 5.41) is 17.4. The largest absolute Gasteiger partial charge is 0.496 e. The Labute approximate surface area is 255 Å². The van der Waals surface area contributed by atoms with Crippen LogP contribution >= 0.6 is 0 Å². The quantitative estimate of drug-likeness (QED) is 0.136. The van der Waals surface area contributed by atoms with E-state index in [2.05, 4.69) is 10.1 Å². The van der Waals surface area contributed by atoms with Crippen molar-refractivity contribution in [1.29, 1.82) is 0 Å². The first-order valence-corrected chi connectivity index (χ1v) is 13.9. The molecule has 0 aliphatic carbocycles. The van der Waals surface area contributed by atoms with Crippen molar-refractivity contribution in [2.75, 3.05) is 47.1 Å². The lowest BCUT2D eigenvalue weighted by Gasteiger charge is -2.26. The van der Waals surface area contributed by atoms with Crippen molar-refractivity contribution in [2.24, 2.45) is 5.10 Å². The molecule has 0 saturated carbocycles. The fourth-order valence-corrected chi connectivity index (χ4v) is 4.99. The molecule has 0 spiro atoms. The van der Waals surface area contributed by atoms with Crippen molar-refractivity contribution >= 4 is 39.7 Å². The molecule has 1 amide bonds. The molecule has 1 fully saturated rings. The van der Waals surface area contributed by atoms with Gasteiger partial charge < -0.3 is 28.3 Å².